The lowest BCUT2D eigenvalue weighted by atomic mass is 10.3. The SMILES string of the molecule is c1cnc(OC2CCNC2)cn1. The normalized spacial score (nSPS) is 22.5. The van der Waals surface area contributed by atoms with E-state index in [4.69, 9.17) is 4.74 Å². The Balaban J connectivity index is 1.94. The first-order valence-electron chi connectivity index (χ1n) is 4.08. The standard InChI is InChI=1S/C8H11N3O/c1-2-9-5-7(1)12-8-6-10-3-4-11-8/h3-4,6-7,9H,1-2,5H2. The highest BCUT2D eigenvalue weighted by Crippen LogP contribution is 2.08. The molecule has 2 rings (SSSR count). The van der Waals surface area contributed by atoms with Gasteiger partial charge in [0.1, 0.15) is 6.10 Å². The van der Waals surface area contributed by atoms with E-state index in [9.17, 15) is 0 Å². The van der Waals surface area contributed by atoms with Gasteiger partial charge in [-0.25, -0.2) is 4.98 Å². The van der Waals surface area contributed by atoms with Crippen molar-refractivity contribution in [1.82, 2.24) is 15.3 Å². The molecule has 1 aliphatic rings. The summed E-state index contributed by atoms with van der Waals surface area (Å²) in [6.45, 7) is 1.95. The van der Waals surface area contributed by atoms with E-state index in [0.29, 0.717) is 5.88 Å². The highest BCUT2D eigenvalue weighted by molar-refractivity contribution is 5.02. The van der Waals surface area contributed by atoms with Gasteiger partial charge in [-0.2, -0.15) is 0 Å². The summed E-state index contributed by atoms with van der Waals surface area (Å²) in [6.07, 6.45) is 6.23. The van der Waals surface area contributed by atoms with Crippen LogP contribution in [0.1, 0.15) is 6.42 Å². The van der Waals surface area contributed by atoms with Crippen LogP contribution >= 0.6 is 0 Å². The second-order valence-corrected chi connectivity index (χ2v) is 2.78. The molecule has 1 aromatic heterocycles. The third kappa shape index (κ3) is 1.71. The van der Waals surface area contributed by atoms with Crippen LogP contribution < -0.4 is 10.1 Å². The van der Waals surface area contributed by atoms with Gasteiger partial charge in [0, 0.05) is 18.9 Å². The Bertz CT molecular complexity index is 233. The fourth-order valence-electron chi connectivity index (χ4n) is 1.25. The third-order valence-corrected chi connectivity index (χ3v) is 1.84. The minimum Gasteiger partial charge on any atom is -0.472 e. The largest absolute Gasteiger partial charge is 0.472 e. The van der Waals surface area contributed by atoms with Crippen molar-refractivity contribution in [3.63, 3.8) is 0 Å². The van der Waals surface area contributed by atoms with Crippen molar-refractivity contribution in [3.05, 3.63) is 18.6 Å². The minimum atomic E-state index is 0.265. The number of rotatable bonds is 2. The fourth-order valence-corrected chi connectivity index (χ4v) is 1.25. The maximum Gasteiger partial charge on any atom is 0.232 e. The molecule has 12 heavy (non-hydrogen) atoms. The molecule has 0 aromatic carbocycles. The van der Waals surface area contributed by atoms with Gasteiger partial charge in [0.2, 0.25) is 5.88 Å². The van der Waals surface area contributed by atoms with Gasteiger partial charge in [-0.1, -0.05) is 0 Å². The molecule has 0 spiro atoms. The van der Waals surface area contributed by atoms with Gasteiger partial charge in [0.05, 0.1) is 6.20 Å². The van der Waals surface area contributed by atoms with Gasteiger partial charge in [0.25, 0.3) is 0 Å². The van der Waals surface area contributed by atoms with Crippen LogP contribution in [0.5, 0.6) is 5.88 Å². The van der Waals surface area contributed by atoms with Crippen LogP contribution in [-0.4, -0.2) is 29.2 Å². The molecule has 2 heterocycles. The predicted octanol–water partition coefficient (Wildman–Crippen LogP) is 0.217. The first-order valence-corrected chi connectivity index (χ1v) is 4.08. The monoisotopic (exact) mass is 165 g/mol. The van der Waals surface area contributed by atoms with Crippen molar-refractivity contribution in [2.24, 2.45) is 0 Å². The molecule has 1 aromatic rings. The molecule has 1 atom stereocenters. The Labute approximate surface area is 71.0 Å². The third-order valence-electron chi connectivity index (χ3n) is 1.84. The van der Waals surface area contributed by atoms with Gasteiger partial charge in [0.15, 0.2) is 0 Å². The lowest BCUT2D eigenvalue weighted by Crippen LogP contribution is -2.20. The Kier molecular flexibility index (Phi) is 2.18. The molecule has 0 aliphatic carbocycles. The lowest BCUT2D eigenvalue weighted by molar-refractivity contribution is 0.213. The quantitative estimate of drug-likeness (QED) is 0.681. The number of ether oxygens (including phenoxy) is 1. The molecule has 1 unspecified atom stereocenters. The van der Waals surface area contributed by atoms with Crippen LogP contribution in [0, 0.1) is 0 Å². The van der Waals surface area contributed by atoms with E-state index in [0.717, 1.165) is 19.5 Å². The molecule has 4 heteroatoms. The second kappa shape index (κ2) is 3.49. The molecule has 1 fully saturated rings. The number of nitrogens with one attached hydrogen (secondary N) is 1. The van der Waals surface area contributed by atoms with E-state index in [2.05, 4.69) is 15.3 Å². The molecule has 1 N–H and O–H groups in total. The highest BCUT2D eigenvalue weighted by Gasteiger charge is 2.15. The van der Waals surface area contributed by atoms with Crippen molar-refractivity contribution < 1.29 is 4.74 Å². The number of aromatic nitrogens is 2. The fraction of sp³-hybridized carbons (Fsp3) is 0.500. The molecular formula is C8H11N3O. The Hall–Kier alpha value is -1.16. The Morgan fingerprint density at radius 3 is 3.17 bits per heavy atom. The van der Waals surface area contributed by atoms with Gasteiger partial charge in [-0.3, -0.25) is 4.98 Å². The maximum absolute atomic E-state index is 5.54. The summed E-state index contributed by atoms with van der Waals surface area (Å²) in [4.78, 5) is 7.95. The molecule has 0 bridgehead atoms. The summed E-state index contributed by atoms with van der Waals surface area (Å²) in [7, 11) is 0. The van der Waals surface area contributed by atoms with Crippen molar-refractivity contribution in [2.45, 2.75) is 12.5 Å². The minimum absolute atomic E-state index is 0.265. The molecule has 4 nitrogen and oxygen atoms in total. The molecule has 1 saturated heterocycles. The average molecular weight is 165 g/mol. The Morgan fingerprint density at radius 1 is 1.50 bits per heavy atom. The van der Waals surface area contributed by atoms with Crippen LogP contribution in [0.4, 0.5) is 0 Å². The second-order valence-electron chi connectivity index (χ2n) is 2.78. The van der Waals surface area contributed by atoms with Crippen LogP contribution in [0.25, 0.3) is 0 Å². The van der Waals surface area contributed by atoms with E-state index < -0.39 is 0 Å². The van der Waals surface area contributed by atoms with Gasteiger partial charge in [-0.15, -0.1) is 0 Å². The molecule has 0 amide bonds. The zero-order chi connectivity index (χ0) is 8.23. The summed E-state index contributed by atoms with van der Waals surface area (Å²) in [5.41, 5.74) is 0. The smallest absolute Gasteiger partial charge is 0.232 e. The number of nitrogens with zero attached hydrogens (tertiary/aromatic N) is 2. The summed E-state index contributed by atoms with van der Waals surface area (Å²) >= 11 is 0. The van der Waals surface area contributed by atoms with Crippen LogP contribution in [0.2, 0.25) is 0 Å². The Morgan fingerprint density at radius 2 is 2.50 bits per heavy atom. The summed E-state index contributed by atoms with van der Waals surface area (Å²) in [6, 6.07) is 0. The lowest BCUT2D eigenvalue weighted by Gasteiger charge is -2.09. The molecule has 0 saturated carbocycles. The zero-order valence-corrected chi connectivity index (χ0v) is 6.73. The van der Waals surface area contributed by atoms with Gasteiger partial charge >= 0.3 is 0 Å². The summed E-state index contributed by atoms with van der Waals surface area (Å²) in [5, 5.41) is 3.22. The van der Waals surface area contributed by atoms with Crippen molar-refractivity contribution >= 4 is 0 Å². The summed E-state index contributed by atoms with van der Waals surface area (Å²) < 4.78 is 5.54. The van der Waals surface area contributed by atoms with E-state index in [-0.39, 0.29) is 6.10 Å². The highest BCUT2D eigenvalue weighted by atomic mass is 16.5. The molecule has 64 valence electrons. The molecule has 1 aliphatic heterocycles. The van der Waals surface area contributed by atoms with E-state index >= 15 is 0 Å². The average Bonchev–Trinajstić information content (AvgIpc) is 2.59. The topological polar surface area (TPSA) is 47.0 Å². The van der Waals surface area contributed by atoms with Gasteiger partial charge < -0.3 is 10.1 Å². The first kappa shape index (κ1) is 7.49. The number of hydrogen-bond acceptors (Lipinski definition) is 4. The van der Waals surface area contributed by atoms with E-state index in [1.165, 1.54) is 0 Å². The van der Waals surface area contributed by atoms with E-state index in [1.54, 1.807) is 18.6 Å². The van der Waals surface area contributed by atoms with E-state index in [1.807, 2.05) is 0 Å². The first-order chi connectivity index (χ1) is 5.95. The summed E-state index contributed by atoms with van der Waals surface area (Å²) in [5.74, 6) is 0.617. The van der Waals surface area contributed by atoms with Crippen LogP contribution in [0.3, 0.4) is 0 Å². The van der Waals surface area contributed by atoms with Crippen LogP contribution in [-0.2, 0) is 0 Å². The number of hydrogen-bond donors (Lipinski definition) is 1. The van der Waals surface area contributed by atoms with Crippen molar-refractivity contribution in [1.29, 1.82) is 0 Å². The van der Waals surface area contributed by atoms with Crippen LogP contribution in [0.15, 0.2) is 18.6 Å². The molecule has 0 radical (unpaired) electrons. The zero-order valence-electron chi connectivity index (χ0n) is 6.73. The van der Waals surface area contributed by atoms with Crippen molar-refractivity contribution in [2.75, 3.05) is 13.1 Å². The maximum atomic E-state index is 5.54. The van der Waals surface area contributed by atoms with Gasteiger partial charge in [-0.05, 0) is 13.0 Å². The van der Waals surface area contributed by atoms with Crippen molar-refractivity contribution in [3.8, 4) is 5.88 Å². The molecular weight excluding hydrogens is 154 g/mol. The predicted molar refractivity (Wildman–Crippen MR) is 43.9 cm³/mol.